The van der Waals surface area contributed by atoms with E-state index >= 15 is 0 Å². The molecule has 158 valence electrons. The number of sulfonamides is 1. The fourth-order valence-corrected chi connectivity index (χ4v) is 6.20. The first-order valence-corrected chi connectivity index (χ1v) is 12.1. The SMILES string of the molecule is COc1ccccc1-c1nnc(C2CCN(S(=O)(=O)Cc3ccc(F)cc3)CC2)s1. The van der Waals surface area contributed by atoms with Gasteiger partial charge in [-0.05, 0) is 42.7 Å². The highest BCUT2D eigenvalue weighted by Crippen LogP contribution is 2.37. The second-order valence-electron chi connectivity index (χ2n) is 7.20. The number of halogens is 1. The first-order chi connectivity index (χ1) is 14.5. The van der Waals surface area contributed by atoms with E-state index in [1.807, 2.05) is 24.3 Å². The summed E-state index contributed by atoms with van der Waals surface area (Å²) in [5.74, 6) is 0.445. The van der Waals surface area contributed by atoms with Gasteiger partial charge in [0.25, 0.3) is 0 Å². The number of ether oxygens (including phenoxy) is 1. The average molecular weight is 448 g/mol. The van der Waals surface area contributed by atoms with Gasteiger partial charge in [0.15, 0.2) is 5.01 Å². The summed E-state index contributed by atoms with van der Waals surface area (Å²) in [7, 11) is -1.81. The van der Waals surface area contributed by atoms with Crippen LogP contribution in [-0.2, 0) is 15.8 Å². The molecule has 0 aliphatic carbocycles. The van der Waals surface area contributed by atoms with E-state index in [2.05, 4.69) is 10.2 Å². The zero-order valence-electron chi connectivity index (χ0n) is 16.5. The maximum Gasteiger partial charge on any atom is 0.218 e. The Bertz CT molecular complexity index is 1110. The van der Waals surface area contributed by atoms with Gasteiger partial charge in [-0.25, -0.2) is 17.1 Å². The first kappa shape index (κ1) is 20.9. The number of rotatable bonds is 6. The lowest BCUT2D eigenvalue weighted by Gasteiger charge is -2.30. The molecule has 0 saturated carbocycles. The Morgan fingerprint density at radius 1 is 1.10 bits per heavy atom. The number of methoxy groups -OCH3 is 1. The molecule has 0 amide bonds. The van der Waals surface area contributed by atoms with Gasteiger partial charge in [-0.1, -0.05) is 35.6 Å². The molecule has 2 aromatic carbocycles. The molecule has 0 atom stereocenters. The van der Waals surface area contributed by atoms with Crippen LogP contribution in [0.5, 0.6) is 5.75 Å². The summed E-state index contributed by atoms with van der Waals surface area (Å²) in [5.41, 5.74) is 1.49. The highest BCUT2D eigenvalue weighted by atomic mass is 32.2. The minimum absolute atomic E-state index is 0.116. The minimum Gasteiger partial charge on any atom is -0.496 e. The third kappa shape index (κ3) is 4.53. The fourth-order valence-electron chi connectivity index (χ4n) is 3.59. The third-order valence-corrected chi connectivity index (χ3v) is 8.21. The summed E-state index contributed by atoms with van der Waals surface area (Å²) in [6.07, 6.45) is 1.40. The third-order valence-electron chi connectivity index (χ3n) is 5.24. The molecule has 4 rings (SSSR count). The van der Waals surface area contributed by atoms with Crippen LogP contribution in [0.4, 0.5) is 4.39 Å². The normalized spacial score (nSPS) is 15.9. The summed E-state index contributed by atoms with van der Waals surface area (Å²) in [4.78, 5) is 0. The van der Waals surface area contributed by atoms with Gasteiger partial charge in [0.1, 0.15) is 16.6 Å². The summed E-state index contributed by atoms with van der Waals surface area (Å²) >= 11 is 1.53. The van der Waals surface area contributed by atoms with Crippen LogP contribution in [-0.4, -0.2) is 43.1 Å². The van der Waals surface area contributed by atoms with Crippen LogP contribution < -0.4 is 4.74 Å². The van der Waals surface area contributed by atoms with Crippen molar-refractivity contribution in [3.63, 3.8) is 0 Å². The van der Waals surface area contributed by atoms with Gasteiger partial charge in [-0.3, -0.25) is 0 Å². The van der Waals surface area contributed by atoms with E-state index in [0.717, 1.165) is 21.3 Å². The van der Waals surface area contributed by atoms with Crippen LogP contribution in [0.25, 0.3) is 10.6 Å². The predicted molar refractivity (Wildman–Crippen MR) is 114 cm³/mol. The Balaban J connectivity index is 1.41. The molecule has 0 spiro atoms. The second-order valence-corrected chi connectivity index (χ2v) is 10.2. The minimum atomic E-state index is -3.44. The Morgan fingerprint density at radius 2 is 1.80 bits per heavy atom. The molecule has 0 radical (unpaired) electrons. The fraction of sp³-hybridized carbons (Fsp3) is 0.333. The standard InChI is InChI=1S/C21H22FN3O3S2/c1-28-19-5-3-2-4-18(19)21-24-23-20(29-21)16-10-12-25(13-11-16)30(26,27)14-15-6-8-17(22)9-7-15/h2-9,16H,10-14H2,1H3. The number of nitrogens with zero attached hydrogens (tertiary/aromatic N) is 3. The Kier molecular flexibility index (Phi) is 6.12. The number of piperidine rings is 1. The molecule has 9 heteroatoms. The van der Waals surface area contributed by atoms with E-state index < -0.39 is 10.0 Å². The van der Waals surface area contributed by atoms with E-state index in [9.17, 15) is 12.8 Å². The van der Waals surface area contributed by atoms with Crippen molar-refractivity contribution in [3.8, 4) is 16.3 Å². The zero-order chi connectivity index (χ0) is 21.1. The highest BCUT2D eigenvalue weighted by Gasteiger charge is 2.30. The van der Waals surface area contributed by atoms with E-state index in [0.29, 0.717) is 31.5 Å². The number of hydrogen-bond acceptors (Lipinski definition) is 6. The molecular formula is C21H22FN3O3S2. The van der Waals surface area contributed by atoms with Gasteiger partial charge in [-0.15, -0.1) is 10.2 Å². The maximum atomic E-state index is 13.1. The van der Waals surface area contributed by atoms with Gasteiger partial charge in [-0.2, -0.15) is 0 Å². The molecule has 0 N–H and O–H groups in total. The van der Waals surface area contributed by atoms with Crippen molar-refractivity contribution in [2.24, 2.45) is 0 Å². The van der Waals surface area contributed by atoms with Crippen LogP contribution in [0.1, 0.15) is 29.3 Å². The van der Waals surface area contributed by atoms with Crippen molar-refractivity contribution in [1.29, 1.82) is 0 Å². The number of hydrogen-bond donors (Lipinski definition) is 0. The van der Waals surface area contributed by atoms with E-state index in [1.54, 1.807) is 7.11 Å². The van der Waals surface area contributed by atoms with E-state index in [1.165, 1.54) is 39.9 Å². The van der Waals surface area contributed by atoms with Gasteiger partial charge in [0.05, 0.1) is 18.4 Å². The van der Waals surface area contributed by atoms with Gasteiger partial charge < -0.3 is 4.74 Å². The summed E-state index contributed by atoms with van der Waals surface area (Å²) in [5, 5.41) is 10.4. The Morgan fingerprint density at radius 3 is 2.50 bits per heavy atom. The summed E-state index contributed by atoms with van der Waals surface area (Å²) in [6.45, 7) is 0.884. The van der Waals surface area contributed by atoms with Crippen molar-refractivity contribution >= 4 is 21.4 Å². The zero-order valence-corrected chi connectivity index (χ0v) is 18.1. The molecule has 2 heterocycles. The molecule has 1 fully saturated rings. The molecule has 1 aliphatic rings. The van der Waals surface area contributed by atoms with Crippen molar-refractivity contribution in [2.75, 3.05) is 20.2 Å². The lowest BCUT2D eigenvalue weighted by atomic mass is 9.99. The Hall–Kier alpha value is -2.36. The Labute approximate surface area is 179 Å². The molecule has 1 saturated heterocycles. The number of aromatic nitrogens is 2. The smallest absolute Gasteiger partial charge is 0.218 e. The lowest BCUT2D eigenvalue weighted by molar-refractivity contribution is 0.318. The highest BCUT2D eigenvalue weighted by molar-refractivity contribution is 7.88. The first-order valence-electron chi connectivity index (χ1n) is 9.65. The molecule has 1 aliphatic heterocycles. The number of para-hydroxylation sites is 1. The quantitative estimate of drug-likeness (QED) is 0.570. The van der Waals surface area contributed by atoms with E-state index in [4.69, 9.17) is 4.74 Å². The monoisotopic (exact) mass is 447 g/mol. The van der Waals surface area contributed by atoms with Crippen LogP contribution in [0.2, 0.25) is 0 Å². The number of benzene rings is 2. The van der Waals surface area contributed by atoms with E-state index in [-0.39, 0.29) is 17.5 Å². The summed E-state index contributed by atoms with van der Waals surface area (Å²) in [6, 6.07) is 13.3. The average Bonchev–Trinajstić information content (AvgIpc) is 3.25. The molecule has 0 bridgehead atoms. The van der Waals surface area contributed by atoms with Crippen molar-refractivity contribution in [2.45, 2.75) is 24.5 Å². The predicted octanol–water partition coefficient (Wildman–Crippen LogP) is 4.06. The van der Waals surface area contributed by atoms with Gasteiger partial charge in [0.2, 0.25) is 10.0 Å². The maximum absolute atomic E-state index is 13.1. The lowest BCUT2D eigenvalue weighted by Crippen LogP contribution is -2.38. The molecular weight excluding hydrogens is 425 g/mol. The second kappa shape index (κ2) is 8.79. The van der Waals surface area contributed by atoms with Crippen LogP contribution >= 0.6 is 11.3 Å². The molecule has 1 aromatic heterocycles. The van der Waals surface area contributed by atoms with Crippen molar-refractivity contribution in [3.05, 3.63) is 64.9 Å². The van der Waals surface area contributed by atoms with Gasteiger partial charge >= 0.3 is 0 Å². The van der Waals surface area contributed by atoms with Crippen LogP contribution in [0.3, 0.4) is 0 Å². The molecule has 3 aromatic rings. The van der Waals surface area contributed by atoms with Crippen molar-refractivity contribution < 1.29 is 17.5 Å². The largest absolute Gasteiger partial charge is 0.496 e. The summed E-state index contributed by atoms with van der Waals surface area (Å²) < 4.78 is 45.5. The van der Waals surface area contributed by atoms with Crippen LogP contribution in [0.15, 0.2) is 48.5 Å². The molecule has 0 unspecified atom stereocenters. The molecule has 30 heavy (non-hydrogen) atoms. The van der Waals surface area contributed by atoms with Gasteiger partial charge in [0, 0.05) is 19.0 Å². The topological polar surface area (TPSA) is 72.4 Å². The van der Waals surface area contributed by atoms with Crippen molar-refractivity contribution in [1.82, 2.24) is 14.5 Å². The molecule has 6 nitrogen and oxygen atoms in total. The van der Waals surface area contributed by atoms with Crippen LogP contribution in [0, 0.1) is 5.82 Å².